The quantitative estimate of drug-likeness (QED) is 0.884. The molecule has 0 radical (unpaired) electrons. The largest absolute Gasteiger partial charge is 0.431 e. The predicted octanol–water partition coefficient (Wildman–Crippen LogP) is 2.40. The van der Waals surface area contributed by atoms with Gasteiger partial charge in [0.1, 0.15) is 0 Å². The van der Waals surface area contributed by atoms with E-state index in [1.54, 1.807) is 24.4 Å². The van der Waals surface area contributed by atoms with Crippen LogP contribution in [0.15, 0.2) is 39.9 Å². The zero-order chi connectivity index (χ0) is 13.1. The molecule has 2 aromatic rings. The molecule has 0 aliphatic carbocycles. The van der Waals surface area contributed by atoms with Gasteiger partial charge in [0.05, 0.1) is 10.2 Å². The lowest BCUT2D eigenvalue weighted by atomic mass is 10.3. The molecule has 0 aliphatic rings. The van der Waals surface area contributed by atoms with E-state index in [0.29, 0.717) is 22.5 Å². The molecule has 0 saturated carbocycles. The summed E-state index contributed by atoms with van der Waals surface area (Å²) in [5.41, 5.74) is 5.96. The molecule has 0 unspecified atom stereocenters. The van der Waals surface area contributed by atoms with Gasteiger partial charge in [-0.1, -0.05) is 6.07 Å². The third-order valence-electron chi connectivity index (χ3n) is 2.42. The summed E-state index contributed by atoms with van der Waals surface area (Å²) in [6.07, 6.45) is 3.13. The molecule has 0 aliphatic heterocycles. The Kier molecular flexibility index (Phi) is 3.66. The number of aryl methyl sites for hydroxylation is 1. The maximum absolute atomic E-state index is 11.9. The first-order valence-corrected chi connectivity index (χ1v) is 6.20. The molecule has 2 rings (SSSR count). The number of nitrogens with two attached hydrogens (primary N) is 1. The Balaban J connectivity index is 2.44. The number of anilines is 1. The molecule has 6 heteroatoms. The molecule has 0 saturated heterocycles. The Morgan fingerprint density at radius 3 is 2.94 bits per heavy atom. The molecule has 1 aromatic carbocycles. The lowest BCUT2D eigenvalue weighted by molar-refractivity contribution is 0.445. The number of benzene rings is 1. The monoisotopic (exact) mass is 309 g/mol. The number of rotatable bonds is 3. The highest BCUT2D eigenvalue weighted by atomic mass is 79.9. The van der Waals surface area contributed by atoms with Crippen LogP contribution in [0.1, 0.15) is 6.92 Å². The number of aromatic nitrogens is 2. The lowest BCUT2D eigenvalue weighted by Gasteiger charge is -2.09. The standard InChI is InChI=1S/C12H12BrN3O2/c1-2-16-7-6-15-11(12(16)17)18-10-8(13)4-3-5-9(10)14/h3-7H,2,14H2,1H3. The summed E-state index contributed by atoms with van der Waals surface area (Å²) >= 11 is 3.32. The zero-order valence-electron chi connectivity index (χ0n) is 9.76. The van der Waals surface area contributed by atoms with Crippen molar-refractivity contribution < 1.29 is 4.74 Å². The number of hydrogen-bond acceptors (Lipinski definition) is 4. The molecule has 0 bridgehead atoms. The first kappa shape index (κ1) is 12.6. The Labute approximate surface area is 112 Å². The van der Waals surface area contributed by atoms with E-state index in [0.717, 1.165) is 0 Å². The first-order valence-electron chi connectivity index (χ1n) is 5.40. The fraction of sp³-hybridized carbons (Fsp3) is 0.167. The van der Waals surface area contributed by atoms with Gasteiger partial charge in [0.2, 0.25) is 0 Å². The molecular formula is C12H12BrN3O2. The summed E-state index contributed by atoms with van der Waals surface area (Å²) in [5, 5.41) is 0. The average molecular weight is 310 g/mol. The maximum Gasteiger partial charge on any atom is 0.313 e. The second kappa shape index (κ2) is 5.22. The summed E-state index contributed by atoms with van der Waals surface area (Å²) in [5.74, 6) is 0.411. The SMILES string of the molecule is CCn1ccnc(Oc2c(N)cccc2Br)c1=O. The van der Waals surface area contributed by atoms with Gasteiger partial charge in [-0.05, 0) is 35.0 Å². The van der Waals surface area contributed by atoms with Crippen LogP contribution < -0.4 is 16.0 Å². The molecule has 0 spiro atoms. The number of halogens is 1. The molecule has 18 heavy (non-hydrogen) atoms. The van der Waals surface area contributed by atoms with Crippen LogP contribution in [0.5, 0.6) is 11.6 Å². The summed E-state index contributed by atoms with van der Waals surface area (Å²) < 4.78 is 7.68. The third kappa shape index (κ3) is 2.38. The van der Waals surface area contributed by atoms with Gasteiger partial charge in [-0.15, -0.1) is 0 Å². The minimum absolute atomic E-state index is 0.0120. The average Bonchev–Trinajstić information content (AvgIpc) is 2.36. The summed E-state index contributed by atoms with van der Waals surface area (Å²) in [4.78, 5) is 15.9. The molecule has 1 aromatic heterocycles. The van der Waals surface area contributed by atoms with Crippen molar-refractivity contribution in [3.63, 3.8) is 0 Å². The van der Waals surface area contributed by atoms with Crippen LogP contribution in [0.4, 0.5) is 5.69 Å². The fourth-order valence-electron chi connectivity index (χ4n) is 1.48. The second-order valence-corrected chi connectivity index (χ2v) is 4.44. The maximum atomic E-state index is 11.9. The summed E-state index contributed by atoms with van der Waals surface area (Å²) in [7, 11) is 0. The predicted molar refractivity (Wildman–Crippen MR) is 72.8 cm³/mol. The molecular weight excluding hydrogens is 298 g/mol. The second-order valence-electron chi connectivity index (χ2n) is 3.58. The van der Waals surface area contributed by atoms with Crippen molar-refractivity contribution in [2.45, 2.75) is 13.5 Å². The molecule has 0 amide bonds. The number of nitrogen functional groups attached to an aromatic ring is 1. The molecule has 94 valence electrons. The Morgan fingerprint density at radius 2 is 2.28 bits per heavy atom. The molecule has 5 nitrogen and oxygen atoms in total. The normalized spacial score (nSPS) is 10.3. The van der Waals surface area contributed by atoms with Crippen molar-refractivity contribution >= 4 is 21.6 Å². The summed E-state index contributed by atoms with van der Waals surface area (Å²) in [6, 6.07) is 5.27. The summed E-state index contributed by atoms with van der Waals surface area (Å²) in [6.45, 7) is 2.43. The van der Waals surface area contributed by atoms with Crippen LogP contribution in [0.3, 0.4) is 0 Å². The van der Waals surface area contributed by atoms with E-state index >= 15 is 0 Å². The van der Waals surface area contributed by atoms with Crippen LogP contribution in [-0.4, -0.2) is 9.55 Å². The molecule has 1 heterocycles. The van der Waals surface area contributed by atoms with E-state index in [4.69, 9.17) is 10.5 Å². The van der Waals surface area contributed by atoms with Gasteiger partial charge < -0.3 is 15.0 Å². The van der Waals surface area contributed by atoms with Gasteiger partial charge in [0.15, 0.2) is 5.75 Å². The Bertz CT molecular complexity index is 605. The fourth-order valence-corrected chi connectivity index (χ4v) is 1.94. The highest BCUT2D eigenvalue weighted by molar-refractivity contribution is 9.10. The van der Waals surface area contributed by atoms with E-state index in [9.17, 15) is 4.79 Å². The highest BCUT2D eigenvalue weighted by Crippen LogP contribution is 2.33. The van der Waals surface area contributed by atoms with Gasteiger partial charge in [0.25, 0.3) is 5.88 Å². The number of nitrogens with zero attached hydrogens (tertiary/aromatic N) is 2. The van der Waals surface area contributed by atoms with E-state index < -0.39 is 0 Å². The Hall–Kier alpha value is -1.82. The van der Waals surface area contributed by atoms with Crippen LogP contribution in [-0.2, 0) is 6.54 Å². The van der Waals surface area contributed by atoms with Crippen molar-refractivity contribution in [1.82, 2.24) is 9.55 Å². The zero-order valence-corrected chi connectivity index (χ0v) is 11.3. The van der Waals surface area contributed by atoms with Crippen molar-refractivity contribution in [3.8, 4) is 11.6 Å². The van der Waals surface area contributed by atoms with E-state index in [2.05, 4.69) is 20.9 Å². The van der Waals surface area contributed by atoms with Crippen molar-refractivity contribution in [1.29, 1.82) is 0 Å². The van der Waals surface area contributed by atoms with Crippen LogP contribution in [0.2, 0.25) is 0 Å². The van der Waals surface area contributed by atoms with Gasteiger partial charge in [-0.2, -0.15) is 0 Å². The van der Waals surface area contributed by atoms with Gasteiger partial charge in [-0.25, -0.2) is 4.98 Å². The minimum atomic E-state index is -0.282. The van der Waals surface area contributed by atoms with E-state index in [-0.39, 0.29) is 11.4 Å². The van der Waals surface area contributed by atoms with Crippen LogP contribution in [0, 0.1) is 0 Å². The topological polar surface area (TPSA) is 70.1 Å². The number of ether oxygens (including phenoxy) is 1. The third-order valence-corrected chi connectivity index (χ3v) is 3.04. The van der Waals surface area contributed by atoms with Gasteiger partial charge in [0, 0.05) is 18.9 Å². The molecule has 0 atom stereocenters. The highest BCUT2D eigenvalue weighted by Gasteiger charge is 2.11. The van der Waals surface area contributed by atoms with Gasteiger partial charge >= 0.3 is 5.56 Å². The van der Waals surface area contributed by atoms with Crippen molar-refractivity contribution in [2.24, 2.45) is 0 Å². The van der Waals surface area contributed by atoms with Crippen LogP contribution in [0.25, 0.3) is 0 Å². The van der Waals surface area contributed by atoms with Gasteiger partial charge in [-0.3, -0.25) is 4.79 Å². The smallest absolute Gasteiger partial charge is 0.313 e. The van der Waals surface area contributed by atoms with Crippen LogP contribution >= 0.6 is 15.9 Å². The van der Waals surface area contributed by atoms with E-state index in [1.807, 2.05) is 6.92 Å². The van der Waals surface area contributed by atoms with Crippen molar-refractivity contribution in [2.75, 3.05) is 5.73 Å². The molecule has 2 N–H and O–H groups in total. The number of hydrogen-bond donors (Lipinski definition) is 1. The van der Waals surface area contributed by atoms with Crippen molar-refractivity contribution in [3.05, 3.63) is 45.4 Å². The number of para-hydroxylation sites is 1. The minimum Gasteiger partial charge on any atom is -0.431 e. The molecule has 0 fully saturated rings. The lowest BCUT2D eigenvalue weighted by Crippen LogP contribution is -2.20. The Morgan fingerprint density at radius 1 is 1.50 bits per heavy atom. The first-order chi connectivity index (χ1) is 8.63. The van der Waals surface area contributed by atoms with E-state index in [1.165, 1.54) is 10.8 Å².